The zero-order chi connectivity index (χ0) is 15.2. The summed E-state index contributed by atoms with van der Waals surface area (Å²) in [5.41, 5.74) is 1.91. The van der Waals surface area contributed by atoms with Gasteiger partial charge in [-0.3, -0.25) is 14.5 Å². The predicted molar refractivity (Wildman–Crippen MR) is 81.2 cm³/mol. The van der Waals surface area contributed by atoms with Crippen LogP contribution in [0.25, 0.3) is 0 Å². The van der Waals surface area contributed by atoms with Crippen LogP contribution in [-0.4, -0.2) is 38.1 Å². The van der Waals surface area contributed by atoms with Crippen LogP contribution in [0, 0.1) is 0 Å². The van der Waals surface area contributed by atoms with E-state index in [1.807, 2.05) is 31.2 Å². The van der Waals surface area contributed by atoms with E-state index in [4.69, 9.17) is 4.74 Å². The summed E-state index contributed by atoms with van der Waals surface area (Å²) in [5.74, 6) is -0.110. The SMILES string of the molecule is CCC(=O)N1c2ccccc2C[C@H]1C(=O)NCCCOC. The average molecular weight is 290 g/mol. The summed E-state index contributed by atoms with van der Waals surface area (Å²) in [6.07, 6.45) is 1.74. The van der Waals surface area contributed by atoms with Crippen molar-refractivity contribution in [1.82, 2.24) is 5.32 Å². The van der Waals surface area contributed by atoms with Gasteiger partial charge in [-0.1, -0.05) is 25.1 Å². The highest BCUT2D eigenvalue weighted by Crippen LogP contribution is 2.32. The normalized spacial score (nSPS) is 16.7. The maximum atomic E-state index is 12.4. The van der Waals surface area contributed by atoms with E-state index in [9.17, 15) is 9.59 Å². The topological polar surface area (TPSA) is 58.6 Å². The van der Waals surface area contributed by atoms with Gasteiger partial charge in [0.05, 0.1) is 0 Å². The molecular weight excluding hydrogens is 268 g/mol. The Kier molecular flexibility index (Phi) is 5.33. The van der Waals surface area contributed by atoms with Gasteiger partial charge >= 0.3 is 0 Å². The number of para-hydroxylation sites is 1. The van der Waals surface area contributed by atoms with Crippen LogP contribution < -0.4 is 10.2 Å². The molecule has 0 fully saturated rings. The Bertz CT molecular complexity index is 516. The van der Waals surface area contributed by atoms with Crippen LogP contribution in [0.3, 0.4) is 0 Å². The van der Waals surface area contributed by atoms with Gasteiger partial charge in [-0.05, 0) is 18.1 Å². The van der Waals surface area contributed by atoms with Gasteiger partial charge in [0.2, 0.25) is 11.8 Å². The lowest BCUT2D eigenvalue weighted by Crippen LogP contribution is -2.48. The lowest BCUT2D eigenvalue weighted by atomic mass is 10.1. The summed E-state index contributed by atoms with van der Waals surface area (Å²) in [6.45, 7) is 2.99. The van der Waals surface area contributed by atoms with Gasteiger partial charge in [-0.2, -0.15) is 0 Å². The maximum Gasteiger partial charge on any atom is 0.243 e. The molecule has 5 nitrogen and oxygen atoms in total. The Labute approximate surface area is 125 Å². The third kappa shape index (κ3) is 3.42. The first-order chi connectivity index (χ1) is 10.2. The van der Waals surface area contributed by atoms with Crippen LogP contribution in [0.5, 0.6) is 0 Å². The first kappa shape index (κ1) is 15.5. The summed E-state index contributed by atoms with van der Waals surface area (Å²) in [5, 5.41) is 2.89. The molecule has 0 spiro atoms. The number of carbonyl (C=O) groups is 2. The molecular formula is C16H22N2O3. The Morgan fingerprint density at radius 2 is 2.14 bits per heavy atom. The summed E-state index contributed by atoms with van der Waals surface area (Å²) in [4.78, 5) is 26.2. The first-order valence-corrected chi connectivity index (χ1v) is 7.35. The molecule has 0 saturated heterocycles. The van der Waals surface area contributed by atoms with Gasteiger partial charge in [-0.25, -0.2) is 0 Å². The van der Waals surface area contributed by atoms with Crippen molar-refractivity contribution in [2.24, 2.45) is 0 Å². The molecule has 0 bridgehead atoms. The van der Waals surface area contributed by atoms with Gasteiger partial charge in [0.25, 0.3) is 0 Å². The number of amides is 2. The zero-order valence-corrected chi connectivity index (χ0v) is 12.6. The summed E-state index contributed by atoms with van der Waals surface area (Å²) >= 11 is 0. The van der Waals surface area contributed by atoms with Crippen LogP contribution in [-0.2, 0) is 20.7 Å². The fraction of sp³-hybridized carbons (Fsp3) is 0.500. The summed E-state index contributed by atoms with van der Waals surface area (Å²) in [7, 11) is 1.64. The Balaban J connectivity index is 2.09. The number of hydrogen-bond donors (Lipinski definition) is 1. The van der Waals surface area contributed by atoms with Crippen molar-refractivity contribution in [2.45, 2.75) is 32.2 Å². The molecule has 1 aliphatic rings. The van der Waals surface area contributed by atoms with E-state index >= 15 is 0 Å². The number of anilines is 1. The van der Waals surface area contributed by atoms with Gasteiger partial charge in [0.1, 0.15) is 6.04 Å². The smallest absolute Gasteiger partial charge is 0.243 e. The third-order valence-electron chi connectivity index (χ3n) is 3.67. The monoisotopic (exact) mass is 290 g/mol. The van der Waals surface area contributed by atoms with Gasteiger partial charge in [-0.15, -0.1) is 0 Å². The second kappa shape index (κ2) is 7.22. The number of nitrogens with one attached hydrogen (secondary N) is 1. The quantitative estimate of drug-likeness (QED) is 0.808. The standard InChI is InChI=1S/C16H22N2O3/c1-3-15(19)18-13-8-5-4-7-12(13)11-14(18)16(20)17-9-6-10-21-2/h4-5,7-8,14H,3,6,9-11H2,1-2H3,(H,17,20)/t14-/m0/s1. The minimum absolute atomic E-state index is 0.0167. The molecule has 0 radical (unpaired) electrons. The minimum Gasteiger partial charge on any atom is -0.385 e. The fourth-order valence-electron chi connectivity index (χ4n) is 2.62. The second-order valence-electron chi connectivity index (χ2n) is 5.10. The van der Waals surface area contributed by atoms with E-state index in [1.165, 1.54) is 0 Å². The van der Waals surface area contributed by atoms with E-state index in [0.717, 1.165) is 17.7 Å². The molecule has 2 rings (SSSR count). The van der Waals surface area contributed by atoms with Gasteiger partial charge in [0, 0.05) is 38.8 Å². The zero-order valence-electron chi connectivity index (χ0n) is 12.6. The minimum atomic E-state index is -0.433. The first-order valence-electron chi connectivity index (χ1n) is 7.35. The number of fused-ring (bicyclic) bond motifs is 1. The highest BCUT2D eigenvalue weighted by atomic mass is 16.5. The van der Waals surface area contributed by atoms with Crippen molar-refractivity contribution in [3.05, 3.63) is 29.8 Å². The average Bonchev–Trinajstić information content (AvgIpc) is 2.90. The molecule has 1 aromatic carbocycles. The molecule has 0 unspecified atom stereocenters. The van der Waals surface area contributed by atoms with Crippen molar-refractivity contribution in [2.75, 3.05) is 25.2 Å². The molecule has 5 heteroatoms. The largest absolute Gasteiger partial charge is 0.385 e. The number of nitrogens with zero attached hydrogens (tertiary/aromatic N) is 1. The Morgan fingerprint density at radius 3 is 2.86 bits per heavy atom. The number of benzene rings is 1. The van der Waals surface area contributed by atoms with Crippen molar-refractivity contribution in [3.63, 3.8) is 0 Å². The molecule has 0 aliphatic carbocycles. The van der Waals surface area contributed by atoms with Gasteiger partial charge in [0.15, 0.2) is 0 Å². The van der Waals surface area contributed by atoms with E-state index in [1.54, 1.807) is 12.0 Å². The molecule has 1 atom stereocenters. The molecule has 0 aromatic heterocycles. The van der Waals surface area contributed by atoms with Crippen molar-refractivity contribution in [3.8, 4) is 0 Å². The van der Waals surface area contributed by atoms with E-state index in [-0.39, 0.29) is 11.8 Å². The van der Waals surface area contributed by atoms with Crippen LogP contribution in [0.4, 0.5) is 5.69 Å². The van der Waals surface area contributed by atoms with E-state index in [2.05, 4.69) is 5.32 Å². The van der Waals surface area contributed by atoms with Crippen molar-refractivity contribution in [1.29, 1.82) is 0 Å². The number of ether oxygens (including phenoxy) is 1. The lowest BCUT2D eigenvalue weighted by Gasteiger charge is -2.24. The Morgan fingerprint density at radius 1 is 1.38 bits per heavy atom. The fourth-order valence-corrected chi connectivity index (χ4v) is 2.62. The summed E-state index contributed by atoms with van der Waals surface area (Å²) in [6, 6.07) is 7.28. The second-order valence-corrected chi connectivity index (χ2v) is 5.10. The molecule has 114 valence electrons. The maximum absolute atomic E-state index is 12.4. The molecule has 21 heavy (non-hydrogen) atoms. The highest BCUT2D eigenvalue weighted by molar-refractivity contribution is 6.03. The van der Waals surface area contributed by atoms with Crippen LogP contribution in [0.2, 0.25) is 0 Å². The van der Waals surface area contributed by atoms with Crippen molar-refractivity contribution < 1.29 is 14.3 Å². The number of methoxy groups -OCH3 is 1. The molecule has 1 aliphatic heterocycles. The molecule has 1 aromatic rings. The van der Waals surface area contributed by atoms with Gasteiger partial charge < -0.3 is 10.1 Å². The number of rotatable bonds is 6. The number of hydrogen-bond acceptors (Lipinski definition) is 3. The predicted octanol–water partition coefficient (Wildman–Crippen LogP) is 1.51. The van der Waals surface area contributed by atoms with Crippen LogP contribution in [0.15, 0.2) is 24.3 Å². The van der Waals surface area contributed by atoms with Crippen molar-refractivity contribution >= 4 is 17.5 Å². The molecule has 2 amide bonds. The third-order valence-corrected chi connectivity index (χ3v) is 3.67. The molecule has 1 N–H and O–H groups in total. The lowest BCUT2D eigenvalue weighted by molar-refractivity contribution is -0.126. The number of carbonyl (C=O) groups excluding carboxylic acids is 2. The van der Waals surface area contributed by atoms with Crippen LogP contribution >= 0.6 is 0 Å². The van der Waals surface area contributed by atoms with Crippen LogP contribution in [0.1, 0.15) is 25.3 Å². The van der Waals surface area contributed by atoms with E-state index in [0.29, 0.717) is 26.0 Å². The summed E-state index contributed by atoms with van der Waals surface area (Å²) < 4.78 is 4.96. The van der Waals surface area contributed by atoms with E-state index < -0.39 is 6.04 Å². The highest BCUT2D eigenvalue weighted by Gasteiger charge is 2.37. The molecule has 1 heterocycles. The Hall–Kier alpha value is -1.88. The molecule has 0 saturated carbocycles.